The van der Waals surface area contributed by atoms with Crippen molar-refractivity contribution in [1.29, 1.82) is 0 Å². The lowest BCUT2D eigenvalue weighted by atomic mass is 9.91. The van der Waals surface area contributed by atoms with E-state index in [0.29, 0.717) is 32.6 Å². The van der Waals surface area contributed by atoms with Crippen molar-refractivity contribution in [2.45, 2.75) is 43.7 Å². The number of alkyl halides is 3. The summed E-state index contributed by atoms with van der Waals surface area (Å²) in [5.74, 6) is 0.139. The number of piperidine rings is 1. The lowest BCUT2D eigenvalue weighted by molar-refractivity contribution is -0.189. The molecule has 3 fully saturated rings. The van der Waals surface area contributed by atoms with Crippen molar-refractivity contribution >= 4 is 11.9 Å². The SMILES string of the molecule is CC(Oc1ccc(C2CN(C(=O)N3CC[C@@H]4OCC(=O)N[C@@H]4C3)C2)cc1)C(F)(F)F. The van der Waals surface area contributed by atoms with Crippen LogP contribution in [-0.4, -0.2) is 79.0 Å². The van der Waals surface area contributed by atoms with Gasteiger partial charge in [-0.3, -0.25) is 4.79 Å². The zero-order valence-corrected chi connectivity index (χ0v) is 16.5. The third-order valence-electron chi connectivity index (χ3n) is 5.87. The summed E-state index contributed by atoms with van der Waals surface area (Å²) < 4.78 is 48.2. The lowest BCUT2D eigenvalue weighted by Crippen LogP contribution is -2.63. The number of carbonyl (C=O) groups excluding carboxylic acids is 2. The molecule has 4 rings (SSSR count). The molecule has 1 aromatic carbocycles. The minimum absolute atomic E-state index is 0.0447. The van der Waals surface area contributed by atoms with Gasteiger partial charge in [-0.25, -0.2) is 4.79 Å². The first kappa shape index (κ1) is 20.8. The van der Waals surface area contributed by atoms with Crippen LogP contribution in [0.25, 0.3) is 0 Å². The van der Waals surface area contributed by atoms with E-state index in [1.54, 1.807) is 21.9 Å². The van der Waals surface area contributed by atoms with Crippen LogP contribution in [0.1, 0.15) is 24.8 Å². The number of rotatable bonds is 3. The fourth-order valence-electron chi connectivity index (χ4n) is 4.01. The van der Waals surface area contributed by atoms with E-state index < -0.39 is 12.3 Å². The molecule has 0 spiro atoms. The summed E-state index contributed by atoms with van der Waals surface area (Å²) in [5, 5.41) is 2.88. The van der Waals surface area contributed by atoms with E-state index in [-0.39, 0.29) is 42.4 Å². The van der Waals surface area contributed by atoms with Gasteiger partial charge in [-0.15, -0.1) is 0 Å². The number of hydrogen-bond donors (Lipinski definition) is 1. The molecule has 3 aliphatic heterocycles. The largest absolute Gasteiger partial charge is 0.481 e. The van der Waals surface area contributed by atoms with Gasteiger partial charge in [0.25, 0.3) is 0 Å². The normalized spacial score (nSPS) is 25.8. The summed E-state index contributed by atoms with van der Waals surface area (Å²) in [6.45, 7) is 3.15. The molecule has 0 aromatic heterocycles. The molecule has 7 nitrogen and oxygen atoms in total. The molecule has 164 valence electrons. The maximum Gasteiger partial charge on any atom is 0.425 e. The molecule has 3 aliphatic rings. The van der Waals surface area contributed by atoms with Crippen molar-refractivity contribution in [3.63, 3.8) is 0 Å². The van der Waals surface area contributed by atoms with Crippen molar-refractivity contribution in [1.82, 2.24) is 15.1 Å². The molecule has 3 saturated heterocycles. The van der Waals surface area contributed by atoms with Crippen molar-refractivity contribution in [3.8, 4) is 5.75 Å². The van der Waals surface area contributed by atoms with Crippen LogP contribution in [0.2, 0.25) is 0 Å². The topological polar surface area (TPSA) is 71.1 Å². The van der Waals surface area contributed by atoms with E-state index in [0.717, 1.165) is 12.5 Å². The number of ether oxygens (including phenoxy) is 2. The fraction of sp³-hybridized carbons (Fsp3) is 0.600. The van der Waals surface area contributed by atoms with E-state index in [1.165, 1.54) is 12.1 Å². The highest BCUT2D eigenvalue weighted by Crippen LogP contribution is 2.31. The van der Waals surface area contributed by atoms with Gasteiger partial charge in [0.05, 0.1) is 12.1 Å². The van der Waals surface area contributed by atoms with Crippen LogP contribution in [0.15, 0.2) is 24.3 Å². The number of nitrogens with one attached hydrogen (secondary N) is 1. The second-order valence-corrected chi connectivity index (χ2v) is 8.01. The Morgan fingerprint density at radius 2 is 1.90 bits per heavy atom. The van der Waals surface area contributed by atoms with Crippen LogP contribution >= 0.6 is 0 Å². The molecule has 0 saturated carbocycles. The fourth-order valence-corrected chi connectivity index (χ4v) is 4.01. The number of urea groups is 1. The van der Waals surface area contributed by atoms with Gasteiger partial charge >= 0.3 is 12.2 Å². The van der Waals surface area contributed by atoms with Gasteiger partial charge in [-0.05, 0) is 31.0 Å². The molecular weight excluding hydrogens is 403 g/mol. The molecule has 10 heteroatoms. The Balaban J connectivity index is 1.27. The summed E-state index contributed by atoms with van der Waals surface area (Å²) in [6.07, 6.45) is -5.64. The Morgan fingerprint density at radius 1 is 1.20 bits per heavy atom. The highest BCUT2D eigenvalue weighted by atomic mass is 19.4. The van der Waals surface area contributed by atoms with Crippen molar-refractivity contribution < 1.29 is 32.2 Å². The maximum atomic E-state index is 12.8. The molecule has 0 bridgehead atoms. The summed E-state index contributed by atoms with van der Waals surface area (Å²) in [5.41, 5.74) is 0.956. The number of likely N-dealkylation sites (tertiary alicyclic amines) is 2. The van der Waals surface area contributed by atoms with Crippen LogP contribution in [0.4, 0.5) is 18.0 Å². The number of hydrogen-bond acceptors (Lipinski definition) is 4. The van der Waals surface area contributed by atoms with Gasteiger partial charge < -0.3 is 24.6 Å². The first-order chi connectivity index (χ1) is 14.2. The van der Waals surface area contributed by atoms with Gasteiger partial charge in [-0.2, -0.15) is 13.2 Å². The molecule has 3 heterocycles. The van der Waals surface area contributed by atoms with E-state index >= 15 is 0 Å². The number of halogens is 3. The summed E-state index contributed by atoms with van der Waals surface area (Å²) in [6, 6.07) is 6.30. The number of benzene rings is 1. The van der Waals surface area contributed by atoms with E-state index in [1.807, 2.05) is 0 Å². The molecular formula is C20H24F3N3O4. The number of nitrogens with zero attached hydrogens (tertiary/aromatic N) is 2. The number of carbonyl (C=O) groups is 2. The zero-order valence-electron chi connectivity index (χ0n) is 16.5. The van der Waals surface area contributed by atoms with Crippen molar-refractivity contribution in [3.05, 3.63) is 29.8 Å². The number of fused-ring (bicyclic) bond motifs is 1. The summed E-state index contributed by atoms with van der Waals surface area (Å²) >= 11 is 0. The lowest BCUT2D eigenvalue weighted by Gasteiger charge is -2.46. The predicted octanol–water partition coefficient (Wildman–Crippen LogP) is 2.12. The Bertz CT molecular complexity index is 795. The minimum atomic E-state index is -4.41. The predicted molar refractivity (Wildman–Crippen MR) is 100 cm³/mol. The molecule has 1 unspecified atom stereocenters. The van der Waals surface area contributed by atoms with Gasteiger partial charge in [0.15, 0.2) is 6.10 Å². The highest BCUT2D eigenvalue weighted by Gasteiger charge is 2.40. The summed E-state index contributed by atoms with van der Waals surface area (Å²) in [7, 11) is 0. The van der Waals surface area contributed by atoms with Crippen molar-refractivity contribution in [2.24, 2.45) is 0 Å². The van der Waals surface area contributed by atoms with Gasteiger partial charge in [-0.1, -0.05) is 12.1 Å². The smallest absolute Gasteiger partial charge is 0.425 e. The Morgan fingerprint density at radius 3 is 2.57 bits per heavy atom. The second-order valence-electron chi connectivity index (χ2n) is 8.01. The van der Waals surface area contributed by atoms with Crippen LogP contribution in [0.3, 0.4) is 0 Å². The van der Waals surface area contributed by atoms with E-state index in [9.17, 15) is 22.8 Å². The molecule has 30 heavy (non-hydrogen) atoms. The first-order valence-corrected chi connectivity index (χ1v) is 9.99. The molecule has 1 aromatic rings. The summed E-state index contributed by atoms with van der Waals surface area (Å²) in [4.78, 5) is 27.7. The van der Waals surface area contributed by atoms with Gasteiger partial charge in [0, 0.05) is 32.1 Å². The molecule has 0 aliphatic carbocycles. The molecule has 3 atom stereocenters. The third-order valence-corrected chi connectivity index (χ3v) is 5.87. The van der Waals surface area contributed by atoms with E-state index in [4.69, 9.17) is 9.47 Å². The maximum absolute atomic E-state index is 12.8. The molecule has 1 N–H and O–H groups in total. The Labute approximate surface area is 172 Å². The van der Waals surface area contributed by atoms with Gasteiger partial charge in [0.1, 0.15) is 12.4 Å². The average Bonchev–Trinajstić information content (AvgIpc) is 2.66. The number of morpholine rings is 1. The first-order valence-electron chi connectivity index (χ1n) is 9.99. The average molecular weight is 427 g/mol. The Kier molecular flexibility index (Phi) is 5.52. The monoisotopic (exact) mass is 427 g/mol. The van der Waals surface area contributed by atoms with Crippen LogP contribution < -0.4 is 10.1 Å². The third kappa shape index (κ3) is 4.33. The van der Waals surface area contributed by atoms with Crippen LogP contribution in [0.5, 0.6) is 5.75 Å². The molecule has 3 amide bonds. The standard InChI is InChI=1S/C20H24F3N3O4/c1-12(20(21,22)23)30-15-4-2-13(3-5-15)14-8-26(9-14)19(28)25-7-6-17-16(10-25)24-18(27)11-29-17/h2-5,12,14,16-17H,6-11H2,1H3,(H,24,27)/t12?,16-,17+/m1/s1. The van der Waals surface area contributed by atoms with Crippen LogP contribution in [0, 0.1) is 0 Å². The zero-order chi connectivity index (χ0) is 21.5. The van der Waals surface area contributed by atoms with Gasteiger partial charge in [0.2, 0.25) is 5.91 Å². The van der Waals surface area contributed by atoms with Crippen molar-refractivity contribution in [2.75, 3.05) is 32.8 Å². The Hall–Kier alpha value is -2.49. The minimum Gasteiger partial charge on any atom is -0.481 e. The molecule has 0 radical (unpaired) electrons. The van der Waals surface area contributed by atoms with E-state index in [2.05, 4.69) is 5.32 Å². The highest BCUT2D eigenvalue weighted by molar-refractivity contribution is 5.79. The second kappa shape index (κ2) is 7.98. The number of amides is 3. The quantitative estimate of drug-likeness (QED) is 0.803. The van der Waals surface area contributed by atoms with Crippen LogP contribution in [-0.2, 0) is 9.53 Å².